The Morgan fingerprint density at radius 1 is 1.25 bits per heavy atom. The Morgan fingerprint density at radius 3 is 2.54 bits per heavy atom. The van der Waals surface area contributed by atoms with E-state index in [1.54, 1.807) is 0 Å². The molecule has 2 atom stereocenters. The van der Waals surface area contributed by atoms with Gasteiger partial charge < -0.3 is 19.5 Å². The standard InChI is InChI=1S/C18H24N4O2/c1-12-9-21(4)10-17(24-12)18(23)20-15-5-7-16(8-6-15)22-11-19-13(2)14(22)3/h5-8,11-12,17H,9-10H2,1-4H3,(H,20,23). The lowest BCUT2D eigenvalue weighted by Crippen LogP contribution is -2.49. The molecular weight excluding hydrogens is 304 g/mol. The van der Waals surface area contributed by atoms with Crippen molar-refractivity contribution in [3.63, 3.8) is 0 Å². The lowest BCUT2D eigenvalue weighted by molar-refractivity contribution is -0.139. The number of rotatable bonds is 3. The SMILES string of the molecule is Cc1ncn(-c2ccc(NC(=O)C3CN(C)CC(C)O3)cc2)c1C. The molecule has 1 N–H and O–H groups in total. The molecule has 2 unspecified atom stereocenters. The van der Waals surface area contributed by atoms with Gasteiger partial charge in [-0.15, -0.1) is 0 Å². The van der Waals surface area contributed by atoms with Gasteiger partial charge >= 0.3 is 0 Å². The number of aromatic nitrogens is 2. The second kappa shape index (κ2) is 6.75. The fourth-order valence-electron chi connectivity index (χ4n) is 2.99. The number of imidazole rings is 1. The fourth-order valence-corrected chi connectivity index (χ4v) is 2.99. The van der Waals surface area contributed by atoms with Gasteiger partial charge in [-0.1, -0.05) is 0 Å². The highest BCUT2D eigenvalue weighted by Crippen LogP contribution is 2.18. The fraction of sp³-hybridized carbons (Fsp3) is 0.444. The van der Waals surface area contributed by atoms with Crippen LogP contribution in [0.5, 0.6) is 0 Å². The Bertz CT molecular complexity index is 713. The first kappa shape index (κ1) is 16.7. The van der Waals surface area contributed by atoms with Crippen LogP contribution in [0, 0.1) is 13.8 Å². The van der Waals surface area contributed by atoms with Gasteiger partial charge in [-0.3, -0.25) is 4.79 Å². The van der Waals surface area contributed by atoms with Crippen LogP contribution < -0.4 is 5.32 Å². The molecular formula is C18H24N4O2. The number of carbonyl (C=O) groups excluding carboxylic acids is 1. The highest BCUT2D eigenvalue weighted by Gasteiger charge is 2.28. The number of aryl methyl sites for hydroxylation is 1. The highest BCUT2D eigenvalue weighted by molar-refractivity contribution is 5.94. The lowest BCUT2D eigenvalue weighted by Gasteiger charge is -2.33. The van der Waals surface area contributed by atoms with Gasteiger partial charge in [0.1, 0.15) is 6.10 Å². The Labute approximate surface area is 142 Å². The van der Waals surface area contributed by atoms with Crippen LogP contribution in [0.25, 0.3) is 5.69 Å². The molecule has 2 aromatic rings. The molecule has 1 aliphatic heterocycles. The maximum Gasteiger partial charge on any atom is 0.254 e. The summed E-state index contributed by atoms with van der Waals surface area (Å²) in [6.45, 7) is 7.48. The van der Waals surface area contributed by atoms with E-state index >= 15 is 0 Å². The van der Waals surface area contributed by atoms with Crippen LogP contribution in [-0.2, 0) is 9.53 Å². The van der Waals surface area contributed by atoms with Crippen molar-refractivity contribution < 1.29 is 9.53 Å². The Hall–Kier alpha value is -2.18. The highest BCUT2D eigenvalue weighted by atomic mass is 16.5. The van der Waals surface area contributed by atoms with E-state index in [-0.39, 0.29) is 12.0 Å². The van der Waals surface area contributed by atoms with Crippen molar-refractivity contribution in [2.75, 3.05) is 25.5 Å². The topological polar surface area (TPSA) is 59.4 Å². The minimum absolute atomic E-state index is 0.0642. The number of ether oxygens (including phenoxy) is 1. The van der Waals surface area contributed by atoms with E-state index in [1.807, 2.05) is 63.0 Å². The van der Waals surface area contributed by atoms with Crippen molar-refractivity contribution in [2.24, 2.45) is 0 Å². The van der Waals surface area contributed by atoms with E-state index in [0.717, 1.165) is 29.3 Å². The van der Waals surface area contributed by atoms with E-state index in [2.05, 4.69) is 15.2 Å². The number of morpholine rings is 1. The quantitative estimate of drug-likeness (QED) is 0.938. The first-order valence-corrected chi connectivity index (χ1v) is 8.20. The van der Waals surface area contributed by atoms with E-state index in [0.29, 0.717) is 6.54 Å². The summed E-state index contributed by atoms with van der Waals surface area (Å²) in [6.07, 6.45) is 1.44. The maximum atomic E-state index is 12.4. The first-order valence-electron chi connectivity index (χ1n) is 8.20. The Balaban J connectivity index is 1.68. The minimum Gasteiger partial charge on any atom is -0.363 e. The molecule has 1 amide bonds. The van der Waals surface area contributed by atoms with E-state index < -0.39 is 6.10 Å². The second-order valence-electron chi connectivity index (χ2n) is 6.48. The number of anilines is 1. The number of amides is 1. The largest absolute Gasteiger partial charge is 0.363 e. The van der Waals surface area contributed by atoms with Gasteiger partial charge in [0.25, 0.3) is 5.91 Å². The lowest BCUT2D eigenvalue weighted by atomic mass is 10.2. The van der Waals surface area contributed by atoms with Gasteiger partial charge in [-0.2, -0.15) is 0 Å². The average molecular weight is 328 g/mol. The molecule has 3 rings (SSSR count). The van der Waals surface area contributed by atoms with Gasteiger partial charge in [0.15, 0.2) is 0 Å². The van der Waals surface area contributed by atoms with Crippen LogP contribution in [0.3, 0.4) is 0 Å². The zero-order valence-corrected chi connectivity index (χ0v) is 14.6. The molecule has 1 fully saturated rings. The molecule has 2 heterocycles. The summed E-state index contributed by atoms with van der Waals surface area (Å²) in [5.74, 6) is -0.101. The predicted octanol–water partition coefficient (Wildman–Crippen LogP) is 2.15. The molecule has 128 valence electrons. The molecule has 1 aromatic carbocycles. The van der Waals surface area contributed by atoms with Crippen LogP contribution in [0.2, 0.25) is 0 Å². The third-order valence-electron chi connectivity index (χ3n) is 4.40. The normalized spacial score (nSPS) is 21.7. The van der Waals surface area contributed by atoms with Crippen molar-refractivity contribution >= 4 is 11.6 Å². The van der Waals surface area contributed by atoms with Crippen molar-refractivity contribution in [2.45, 2.75) is 33.0 Å². The maximum absolute atomic E-state index is 12.4. The number of hydrogen-bond acceptors (Lipinski definition) is 4. The van der Waals surface area contributed by atoms with Crippen molar-refractivity contribution in [3.05, 3.63) is 42.0 Å². The summed E-state index contributed by atoms with van der Waals surface area (Å²) < 4.78 is 7.77. The van der Waals surface area contributed by atoms with Crippen molar-refractivity contribution in [1.82, 2.24) is 14.5 Å². The number of likely N-dealkylation sites (N-methyl/N-ethyl adjacent to an activating group) is 1. The van der Waals surface area contributed by atoms with Crippen LogP contribution in [0.4, 0.5) is 5.69 Å². The van der Waals surface area contributed by atoms with Crippen LogP contribution in [0.15, 0.2) is 30.6 Å². The number of hydrogen-bond donors (Lipinski definition) is 1. The third kappa shape index (κ3) is 3.49. The molecule has 1 aromatic heterocycles. The molecule has 0 bridgehead atoms. The van der Waals surface area contributed by atoms with Gasteiger partial charge in [0.2, 0.25) is 0 Å². The molecule has 6 heteroatoms. The van der Waals surface area contributed by atoms with Crippen LogP contribution in [0.1, 0.15) is 18.3 Å². The number of benzene rings is 1. The van der Waals surface area contributed by atoms with Crippen LogP contribution in [-0.4, -0.2) is 52.7 Å². The second-order valence-corrected chi connectivity index (χ2v) is 6.48. The van der Waals surface area contributed by atoms with E-state index in [1.165, 1.54) is 0 Å². The molecule has 1 saturated heterocycles. The van der Waals surface area contributed by atoms with Crippen LogP contribution >= 0.6 is 0 Å². The van der Waals surface area contributed by atoms with E-state index in [4.69, 9.17) is 4.74 Å². The molecule has 0 spiro atoms. The average Bonchev–Trinajstić information content (AvgIpc) is 2.87. The van der Waals surface area contributed by atoms with Gasteiger partial charge in [0, 0.05) is 30.2 Å². The summed E-state index contributed by atoms with van der Waals surface area (Å²) in [6, 6.07) is 7.75. The van der Waals surface area contributed by atoms with E-state index in [9.17, 15) is 4.79 Å². The van der Waals surface area contributed by atoms with Crippen molar-refractivity contribution in [1.29, 1.82) is 0 Å². The van der Waals surface area contributed by atoms with Gasteiger partial charge in [0.05, 0.1) is 18.1 Å². The smallest absolute Gasteiger partial charge is 0.254 e. The minimum atomic E-state index is -0.433. The number of nitrogens with one attached hydrogen (secondary N) is 1. The molecule has 1 aliphatic rings. The number of carbonyl (C=O) groups is 1. The molecule has 0 radical (unpaired) electrons. The molecule has 0 saturated carbocycles. The summed E-state index contributed by atoms with van der Waals surface area (Å²) in [4.78, 5) is 18.8. The third-order valence-corrected chi connectivity index (χ3v) is 4.40. The van der Waals surface area contributed by atoms with Gasteiger partial charge in [-0.05, 0) is 52.1 Å². The molecule has 6 nitrogen and oxygen atoms in total. The van der Waals surface area contributed by atoms with Gasteiger partial charge in [-0.25, -0.2) is 4.98 Å². The molecule has 0 aliphatic carbocycles. The predicted molar refractivity (Wildman–Crippen MR) is 93.5 cm³/mol. The Morgan fingerprint density at radius 2 is 1.96 bits per heavy atom. The molecule has 24 heavy (non-hydrogen) atoms. The summed E-state index contributed by atoms with van der Waals surface area (Å²) in [5, 5.41) is 2.94. The summed E-state index contributed by atoms with van der Waals surface area (Å²) in [7, 11) is 2.00. The van der Waals surface area contributed by atoms with Crippen molar-refractivity contribution in [3.8, 4) is 5.69 Å². The zero-order valence-electron chi connectivity index (χ0n) is 14.6. The Kier molecular flexibility index (Phi) is 4.69. The first-order chi connectivity index (χ1) is 11.4. The summed E-state index contributed by atoms with van der Waals surface area (Å²) >= 11 is 0. The monoisotopic (exact) mass is 328 g/mol. The summed E-state index contributed by atoms with van der Waals surface area (Å²) in [5.41, 5.74) is 3.91. The zero-order chi connectivity index (χ0) is 17.3. The number of nitrogens with zero attached hydrogens (tertiary/aromatic N) is 3.